The zero-order chi connectivity index (χ0) is 19.9. The van der Waals surface area contributed by atoms with Crippen molar-refractivity contribution in [3.63, 3.8) is 0 Å². The fourth-order valence-corrected chi connectivity index (χ4v) is 3.08. The summed E-state index contributed by atoms with van der Waals surface area (Å²) in [6.07, 6.45) is 1.89. The average molecular weight is 375 g/mol. The summed E-state index contributed by atoms with van der Waals surface area (Å²) in [6, 6.07) is 8.46. The first-order valence-electron chi connectivity index (χ1n) is 9.75. The summed E-state index contributed by atoms with van der Waals surface area (Å²) in [7, 11) is 1.78. The van der Waals surface area contributed by atoms with Gasteiger partial charge in [0.2, 0.25) is 0 Å². The Balaban J connectivity index is 1.78. The van der Waals surface area contributed by atoms with E-state index in [0.717, 1.165) is 45.0 Å². The minimum absolute atomic E-state index is 0.214. The van der Waals surface area contributed by atoms with Crippen LogP contribution in [0, 0.1) is 12.8 Å². The van der Waals surface area contributed by atoms with Crippen LogP contribution in [0.4, 0.5) is 4.79 Å². The molecule has 1 aromatic rings. The Labute approximate surface area is 163 Å². The van der Waals surface area contributed by atoms with Gasteiger partial charge in [0.1, 0.15) is 5.60 Å². The second kappa shape index (κ2) is 9.62. The lowest BCUT2D eigenvalue weighted by Crippen LogP contribution is -2.47. The van der Waals surface area contributed by atoms with Gasteiger partial charge in [-0.25, -0.2) is 4.79 Å². The highest BCUT2D eigenvalue weighted by molar-refractivity contribution is 5.79. The molecule has 1 saturated heterocycles. The fourth-order valence-electron chi connectivity index (χ4n) is 3.08. The molecule has 0 spiro atoms. The molecule has 6 heteroatoms. The lowest BCUT2D eigenvalue weighted by atomic mass is 9.98. The molecule has 1 aliphatic heterocycles. The van der Waals surface area contributed by atoms with Crippen molar-refractivity contribution in [1.29, 1.82) is 0 Å². The van der Waals surface area contributed by atoms with Crippen LogP contribution in [0.15, 0.2) is 29.3 Å². The first-order chi connectivity index (χ1) is 12.8. The Kier molecular flexibility index (Phi) is 7.51. The number of hydrogen-bond acceptors (Lipinski definition) is 3. The smallest absolute Gasteiger partial charge is 0.410 e. The first-order valence-corrected chi connectivity index (χ1v) is 9.75. The highest BCUT2D eigenvalue weighted by atomic mass is 16.6. The maximum atomic E-state index is 12.3. The van der Waals surface area contributed by atoms with Gasteiger partial charge in [-0.05, 0) is 52.0 Å². The predicted octanol–water partition coefficient (Wildman–Crippen LogP) is 3.31. The average Bonchev–Trinajstić information content (AvgIpc) is 2.62. The van der Waals surface area contributed by atoms with Crippen LogP contribution in [0.25, 0.3) is 0 Å². The van der Waals surface area contributed by atoms with E-state index in [0.29, 0.717) is 5.92 Å². The van der Waals surface area contributed by atoms with Gasteiger partial charge in [-0.15, -0.1) is 0 Å². The molecule has 1 heterocycles. The molecule has 150 valence electrons. The Morgan fingerprint density at radius 3 is 2.59 bits per heavy atom. The molecule has 6 nitrogen and oxygen atoms in total. The maximum absolute atomic E-state index is 12.3. The maximum Gasteiger partial charge on any atom is 0.410 e. The van der Waals surface area contributed by atoms with E-state index < -0.39 is 5.60 Å². The minimum Gasteiger partial charge on any atom is -0.444 e. The first kappa shape index (κ1) is 21.1. The number of piperidine rings is 1. The van der Waals surface area contributed by atoms with Crippen LogP contribution in [0.3, 0.4) is 0 Å². The summed E-state index contributed by atoms with van der Waals surface area (Å²) in [5.74, 6) is 1.18. The van der Waals surface area contributed by atoms with Crippen LogP contribution in [0.2, 0.25) is 0 Å². The number of nitrogens with zero attached hydrogens (tertiary/aromatic N) is 2. The van der Waals surface area contributed by atoms with Gasteiger partial charge in [0, 0.05) is 33.2 Å². The molecule has 1 aliphatic rings. The van der Waals surface area contributed by atoms with E-state index in [1.54, 1.807) is 7.05 Å². The normalized spacial score (nSPS) is 18.2. The van der Waals surface area contributed by atoms with Crippen molar-refractivity contribution in [1.82, 2.24) is 15.5 Å². The molecule has 27 heavy (non-hydrogen) atoms. The number of benzene rings is 1. The van der Waals surface area contributed by atoms with Gasteiger partial charge in [-0.1, -0.05) is 29.8 Å². The van der Waals surface area contributed by atoms with Crippen LogP contribution in [-0.4, -0.2) is 49.2 Å². The molecule has 1 unspecified atom stereocenters. The number of amides is 1. The summed E-state index contributed by atoms with van der Waals surface area (Å²) in [6.45, 7) is 10.8. The molecule has 2 rings (SSSR count). The third-order valence-corrected chi connectivity index (χ3v) is 4.53. The number of aliphatic imine (C=N–C) groups is 1. The van der Waals surface area contributed by atoms with E-state index in [-0.39, 0.29) is 6.09 Å². The van der Waals surface area contributed by atoms with Crippen LogP contribution in [-0.2, 0) is 11.3 Å². The number of aryl methyl sites for hydroxylation is 1. The van der Waals surface area contributed by atoms with Gasteiger partial charge in [-0.3, -0.25) is 4.99 Å². The minimum atomic E-state index is -0.454. The number of carbonyl (C=O) groups is 1. The van der Waals surface area contributed by atoms with Crippen molar-refractivity contribution in [3.05, 3.63) is 35.4 Å². The van der Waals surface area contributed by atoms with E-state index in [1.807, 2.05) is 25.7 Å². The molecule has 1 aromatic carbocycles. The van der Waals surface area contributed by atoms with Crippen molar-refractivity contribution in [3.8, 4) is 0 Å². The Bertz CT molecular complexity index is 635. The van der Waals surface area contributed by atoms with E-state index in [2.05, 4.69) is 46.8 Å². The van der Waals surface area contributed by atoms with Crippen molar-refractivity contribution < 1.29 is 9.53 Å². The molecular weight excluding hydrogens is 340 g/mol. The largest absolute Gasteiger partial charge is 0.444 e. The van der Waals surface area contributed by atoms with Crippen LogP contribution in [0.5, 0.6) is 0 Å². The molecule has 1 fully saturated rings. The Morgan fingerprint density at radius 2 is 1.96 bits per heavy atom. The summed E-state index contributed by atoms with van der Waals surface area (Å²) < 4.78 is 5.50. The van der Waals surface area contributed by atoms with Crippen LogP contribution < -0.4 is 10.6 Å². The van der Waals surface area contributed by atoms with E-state index in [1.165, 1.54) is 11.1 Å². The fraction of sp³-hybridized carbons (Fsp3) is 0.619. The van der Waals surface area contributed by atoms with Crippen molar-refractivity contribution in [2.75, 3.05) is 26.7 Å². The topological polar surface area (TPSA) is 66.0 Å². The van der Waals surface area contributed by atoms with Crippen LogP contribution in [0.1, 0.15) is 44.7 Å². The summed E-state index contributed by atoms with van der Waals surface area (Å²) >= 11 is 0. The summed E-state index contributed by atoms with van der Waals surface area (Å²) in [4.78, 5) is 18.4. The molecule has 1 amide bonds. The summed E-state index contributed by atoms with van der Waals surface area (Å²) in [5, 5.41) is 6.73. The second-order valence-electron chi connectivity index (χ2n) is 8.23. The van der Waals surface area contributed by atoms with Gasteiger partial charge >= 0.3 is 6.09 Å². The number of guanidine groups is 1. The highest BCUT2D eigenvalue weighted by Crippen LogP contribution is 2.18. The number of hydrogen-bond donors (Lipinski definition) is 2. The molecule has 0 radical (unpaired) electrons. The number of rotatable bonds is 4. The van der Waals surface area contributed by atoms with Gasteiger partial charge < -0.3 is 20.3 Å². The standard InChI is InChI=1S/C21H34N4O2/c1-16-8-10-17(11-9-16)13-23-19(22-5)24-14-18-7-6-12-25(15-18)20(26)27-21(2,3)4/h8-11,18H,6-7,12-15H2,1-5H3,(H2,22,23,24). The third-order valence-electron chi connectivity index (χ3n) is 4.53. The third kappa shape index (κ3) is 7.49. The number of ether oxygens (including phenoxy) is 1. The SMILES string of the molecule is CN=C(NCc1ccc(C)cc1)NCC1CCCN(C(=O)OC(C)(C)C)C1. The molecule has 0 bridgehead atoms. The molecule has 1 atom stereocenters. The number of nitrogens with one attached hydrogen (secondary N) is 2. The van der Waals surface area contributed by atoms with Gasteiger partial charge in [0.15, 0.2) is 5.96 Å². The number of likely N-dealkylation sites (tertiary alicyclic amines) is 1. The zero-order valence-electron chi connectivity index (χ0n) is 17.3. The molecule has 2 N–H and O–H groups in total. The molecular formula is C21H34N4O2. The van der Waals surface area contributed by atoms with Gasteiger partial charge in [0.05, 0.1) is 0 Å². The van der Waals surface area contributed by atoms with Gasteiger partial charge in [0.25, 0.3) is 0 Å². The van der Waals surface area contributed by atoms with E-state index >= 15 is 0 Å². The highest BCUT2D eigenvalue weighted by Gasteiger charge is 2.27. The number of carbonyl (C=O) groups excluding carboxylic acids is 1. The van der Waals surface area contributed by atoms with E-state index in [9.17, 15) is 4.79 Å². The van der Waals surface area contributed by atoms with Gasteiger partial charge in [-0.2, -0.15) is 0 Å². The Hall–Kier alpha value is -2.24. The Morgan fingerprint density at radius 1 is 1.26 bits per heavy atom. The van der Waals surface area contributed by atoms with Crippen molar-refractivity contribution in [2.24, 2.45) is 10.9 Å². The lowest BCUT2D eigenvalue weighted by Gasteiger charge is -2.34. The quantitative estimate of drug-likeness (QED) is 0.627. The zero-order valence-corrected chi connectivity index (χ0v) is 17.3. The molecule has 0 saturated carbocycles. The second-order valence-corrected chi connectivity index (χ2v) is 8.23. The van der Waals surface area contributed by atoms with Crippen LogP contribution >= 0.6 is 0 Å². The summed E-state index contributed by atoms with van der Waals surface area (Å²) in [5.41, 5.74) is 2.02. The predicted molar refractivity (Wildman–Crippen MR) is 110 cm³/mol. The molecule has 0 aliphatic carbocycles. The molecule has 0 aromatic heterocycles. The van der Waals surface area contributed by atoms with E-state index in [4.69, 9.17) is 4.74 Å². The van der Waals surface area contributed by atoms with Crippen molar-refractivity contribution >= 4 is 12.1 Å². The lowest BCUT2D eigenvalue weighted by molar-refractivity contribution is 0.0168. The monoisotopic (exact) mass is 374 g/mol. The van der Waals surface area contributed by atoms with Crippen molar-refractivity contribution in [2.45, 2.75) is 52.7 Å².